The van der Waals surface area contributed by atoms with Crippen LogP contribution in [0.25, 0.3) is 0 Å². The summed E-state index contributed by atoms with van der Waals surface area (Å²) in [5.74, 6) is 1.00. The van der Waals surface area contributed by atoms with E-state index < -0.39 is 0 Å². The average molecular weight is 251 g/mol. The number of methoxy groups -OCH3 is 1. The van der Waals surface area contributed by atoms with E-state index in [2.05, 4.69) is 30.4 Å². The molecule has 0 saturated heterocycles. The van der Waals surface area contributed by atoms with Crippen molar-refractivity contribution in [3.63, 3.8) is 0 Å². The van der Waals surface area contributed by atoms with Crippen LogP contribution >= 0.6 is 11.8 Å². The zero-order chi connectivity index (χ0) is 12.3. The first kappa shape index (κ1) is 12.8. The molecule has 1 aliphatic rings. The zero-order valence-corrected chi connectivity index (χ0v) is 11.7. The minimum Gasteiger partial charge on any atom is -0.496 e. The summed E-state index contributed by atoms with van der Waals surface area (Å²) in [4.78, 5) is 1.28. The van der Waals surface area contributed by atoms with Gasteiger partial charge >= 0.3 is 0 Å². The summed E-state index contributed by atoms with van der Waals surface area (Å²) < 4.78 is 5.84. The maximum absolute atomic E-state index is 5.45. The first-order chi connectivity index (χ1) is 8.19. The molecule has 94 valence electrons. The molecule has 0 bridgehead atoms. The highest BCUT2D eigenvalue weighted by atomic mass is 32.2. The molecule has 1 aromatic carbocycles. The Kier molecular flexibility index (Phi) is 4.00. The lowest BCUT2D eigenvalue weighted by atomic mass is 9.84. The summed E-state index contributed by atoms with van der Waals surface area (Å²) in [7, 11) is 3.79. The third kappa shape index (κ3) is 2.78. The maximum atomic E-state index is 5.45. The fraction of sp³-hybridized carbons (Fsp3) is 0.571. The van der Waals surface area contributed by atoms with Crippen LogP contribution < -0.4 is 10.1 Å². The Bertz CT molecular complexity index is 388. The smallest absolute Gasteiger partial charge is 0.132 e. The number of hydrogen-bond donors (Lipinski definition) is 1. The van der Waals surface area contributed by atoms with Gasteiger partial charge in [0.25, 0.3) is 0 Å². The lowest BCUT2D eigenvalue weighted by Gasteiger charge is -2.41. The molecule has 0 unspecified atom stereocenters. The molecule has 0 aliphatic heterocycles. The van der Waals surface area contributed by atoms with Gasteiger partial charge in [0.2, 0.25) is 0 Å². The van der Waals surface area contributed by atoms with Crippen molar-refractivity contribution >= 4 is 11.8 Å². The highest BCUT2D eigenvalue weighted by Crippen LogP contribution is 2.49. The van der Waals surface area contributed by atoms with E-state index in [9.17, 15) is 0 Å². The summed E-state index contributed by atoms with van der Waals surface area (Å²) in [6.07, 6.45) is 3.95. The van der Waals surface area contributed by atoms with Gasteiger partial charge in [0.1, 0.15) is 5.75 Å². The van der Waals surface area contributed by atoms with Gasteiger partial charge < -0.3 is 10.1 Å². The molecule has 17 heavy (non-hydrogen) atoms. The molecule has 0 radical (unpaired) electrons. The van der Waals surface area contributed by atoms with E-state index in [-0.39, 0.29) is 0 Å². The summed E-state index contributed by atoms with van der Waals surface area (Å²) >= 11 is 1.98. The van der Waals surface area contributed by atoms with E-state index in [1.54, 1.807) is 7.11 Å². The predicted molar refractivity (Wildman–Crippen MR) is 74.1 cm³/mol. The van der Waals surface area contributed by atoms with E-state index in [0.717, 1.165) is 12.3 Å². The van der Waals surface area contributed by atoms with E-state index in [0.29, 0.717) is 4.75 Å². The Hall–Kier alpha value is -0.670. The van der Waals surface area contributed by atoms with Crippen LogP contribution in [0.1, 0.15) is 24.8 Å². The SMILES string of the molecule is CNCC1(Sc2cc(C)ccc2OC)CCC1. The normalized spacial score (nSPS) is 17.6. The Morgan fingerprint density at radius 2 is 2.18 bits per heavy atom. The van der Waals surface area contributed by atoms with Crippen molar-refractivity contribution in [2.75, 3.05) is 20.7 Å². The number of benzene rings is 1. The molecular weight excluding hydrogens is 230 g/mol. The molecule has 1 saturated carbocycles. The lowest BCUT2D eigenvalue weighted by molar-refractivity contribution is 0.352. The minimum absolute atomic E-state index is 0.385. The van der Waals surface area contributed by atoms with Gasteiger partial charge in [-0.25, -0.2) is 0 Å². The van der Waals surface area contributed by atoms with Crippen molar-refractivity contribution < 1.29 is 4.74 Å². The quantitative estimate of drug-likeness (QED) is 0.868. The molecule has 0 heterocycles. The van der Waals surface area contributed by atoms with Crippen LogP contribution in [0.4, 0.5) is 0 Å². The standard InChI is InChI=1S/C14H21NOS/c1-11-5-6-12(16-3)13(9-11)17-14(10-15-2)7-4-8-14/h5-6,9,15H,4,7-8,10H2,1-3H3. The van der Waals surface area contributed by atoms with Gasteiger partial charge in [0.15, 0.2) is 0 Å². The third-order valence-corrected chi connectivity index (χ3v) is 4.93. The predicted octanol–water partition coefficient (Wildman–Crippen LogP) is 3.24. The second kappa shape index (κ2) is 5.32. The summed E-state index contributed by atoms with van der Waals surface area (Å²) in [5, 5.41) is 3.32. The van der Waals surface area contributed by atoms with Crippen LogP contribution in [0.15, 0.2) is 23.1 Å². The van der Waals surface area contributed by atoms with Gasteiger partial charge in [-0.1, -0.05) is 12.5 Å². The van der Waals surface area contributed by atoms with Gasteiger partial charge in [-0.2, -0.15) is 0 Å². The Balaban J connectivity index is 2.19. The van der Waals surface area contributed by atoms with Gasteiger partial charge in [0.05, 0.1) is 12.0 Å². The number of nitrogens with one attached hydrogen (secondary N) is 1. The van der Waals surface area contributed by atoms with Crippen LogP contribution in [-0.2, 0) is 0 Å². The monoisotopic (exact) mass is 251 g/mol. The maximum Gasteiger partial charge on any atom is 0.132 e. The van der Waals surface area contributed by atoms with Crippen molar-refractivity contribution in [2.24, 2.45) is 0 Å². The van der Waals surface area contributed by atoms with Gasteiger partial charge in [-0.05, 0) is 44.5 Å². The van der Waals surface area contributed by atoms with Crippen LogP contribution in [0.3, 0.4) is 0 Å². The Labute approximate surface area is 108 Å². The molecule has 1 aliphatic carbocycles. The number of thioether (sulfide) groups is 1. The molecule has 3 heteroatoms. The zero-order valence-electron chi connectivity index (χ0n) is 10.9. The van der Waals surface area contributed by atoms with E-state index in [4.69, 9.17) is 4.74 Å². The molecule has 0 spiro atoms. The summed E-state index contributed by atoms with van der Waals surface area (Å²) in [5.41, 5.74) is 1.30. The molecular formula is C14H21NOS. The van der Waals surface area contributed by atoms with Crippen LogP contribution in [0, 0.1) is 6.92 Å². The first-order valence-electron chi connectivity index (χ1n) is 6.17. The average Bonchev–Trinajstić information content (AvgIpc) is 2.26. The van der Waals surface area contributed by atoms with Crippen LogP contribution in [0.5, 0.6) is 5.75 Å². The van der Waals surface area contributed by atoms with Crippen molar-refractivity contribution in [2.45, 2.75) is 35.8 Å². The molecule has 2 nitrogen and oxygen atoms in total. The largest absolute Gasteiger partial charge is 0.496 e. The first-order valence-corrected chi connectivity index (χ1v) is 6.99. The number of rotatable bonds is 5. The van der Waals surface area contributed by atoms with Crippen molar-refractivity contribution in [1.29, 1.82) is 0 Å². The number of hydrogen-bond acceptors (Lipinski definition) is 3. The Morgan fingerprint density at radius 3 is 2.71 bits per heavy atom. The van der Waals surface area contributed by atoms with Crippen molar-refractivity contribution in [3.05, 3.63) is 23.8 Å². The molecule has 1 aromatic rings. The summed E-state index contributed by atoms with van der Waals surface area (Å²) in [6.45, 7) is 3.21. The van der Waals surface area contributed by atoms with Gasteiger partial charge in [-0.3, -0.25) is 0 Å². The van der Waals surface area contributed by atoms with E-state index >= 15 is 0 Å². The van der Waals surface area contributed by atoms with Gasteiger partial charge in [-0.15, -0.1) is 11.8 Å². The molecule has 1 N–H and O–H groups in total. The summed E-state index contributed by atoms with van der Waals surface area (Å²) in [6, 6.07) is 6.41. The lowest BCUT2D eigenvalue weighted by Crippen LogP contribution is -2.42. The van der Waals surface area contributed by atoms with Crippen LogP contribution in [0.2, 0.25) is 0 Å². The highest BCUT2D eigenvalue weighted by Gasteiger charge is 2.38. The van der Waals surface area contributed by atoms with Crippen molar-refractivity contribution in [1.82, 2.24) is 5.32 Å². The highest BCUT2D eigenvalue weighted by molar-refractivity contribution is 8.00. The second-order valence-corrected chi connectivity index (χ2v) is 6.33. The number of aryl methyl sites for hydroxylation is 1. The van der Waals surface area contributed by atoms with E-state index in [1.807, 2.05) is 18.8 Å². The Morgan fingerprint density at radius 1 is 1.41 bits per heavy atom. The second-order valence-electron chi connectivity index (χ2n) is 4.82. The molecule has 0 atom stereocenters. The fourth-order valence-corrected chi connectivity index (χ4v) is 3.98. The molecule has 0 aromatic heterocycles. The topological polar surface area (TPSA) is 21.3 Å². The minimum atomic E-state index is 0.385. The molecule has 0 amide bonds. The van der Waals surface area contributed by atoms with E-state index in [1.165, 1.54) is 29.7 Å². The third-order valence-electron chi connectivity index (χ3n) is 3.41. The van der Waals surface area contributed by atoms with Crippen LogP contribution in [-0.4, -0.2) is 25.4 Å². The number of ether oxygens (including phenoxy) is 1. The fourth-order valence-electron chi connectivity index (χ4n) is 2.31. The van der Waals surface area contributed by atoms with Gasteiger partial charge in [0, 0.05) is 11.3 Å². The molecule has 1 fully saturated rings. The molecule has 2 rings (SSSR count). The van der Waals surface area contributed by atoms with Crippen molar-refractivity contribution in [3.8, 4) is 5.75 Å².